The Bertz CT molecular complexity index is 742. The van der Waals surface area contributed by atoms with Crippen molar-refractivity contribution in [1.29, 1.82) is 0 Å². The number of nitrogens with zero attached hydrogens (tertiary/aromatic N) is 3. The van der Waals surface area contributed by atoms with E-state index >= 15 is 0 Å². The van der Waals surface area contributed by atoms with Crippen molar-refractivity contribution in [3.63, 3.8) is 0 Å². The number of imidazole rings is 1. The quantitative estimate of drug-likeness (QED) is 0.734. The lowest BCUT2D eigenvalue weighted by Crippen LogP contribution is -2.14. The minimum absolute atomic E-state index is 0.288. The molecule has 8 heteroatoms. The van der Waals surface area contributed by atoms with E-state index in [0.717, 1.165) is 11.4 Å². The fourth-order valence-electron chi connectivity index (χ4n) is 1.59. The van der Waals surface area contributed by atoms with Crippen LogP contribution in [0.2, 0.25) is 10.0 Å². The molecule has 1 N–H and O–H groups in total. The van der Waals surface area contributed by atoms with Crippen molar-refractivity contribution in [3.05, 3.63) is 39.0 Å². The summed E-state index contributed by atoms with van der Waals surface area (Å²) in [4.78, 5) is 14.1. The van der Waals surface area contributed by atoms with Crippen LogP contribution in [-0.2, 0) is 11.4 Å². The molecule has 0 fully saturated rings. The standard InChI is InChI=1S/C9H4Cl2N4OS/c10-4-3-5(11)8(7-6(4)13-17-14-7)15-2-1-12-9(15)16/h1-3H,(H,12,16). The average Bonchev–Trinajstić information content (AvgIpc) is 2.88. The molecule has 0 spiro atoms. The van der Waals surface area contributed by atoms with Gasteiger partial charge < -0.3 is 4.98 Å². The molecule has 0 saturated carbocycles. The van der Waals surface area contributed by atoms with E-state index in [2.05, 4.69) is 13.7 Å². The maximum Gasteiger partial charge on any atom is 0.330 e. The lowest BCUT2D eigenvalue weighted by Gasteiger charge is -2.08. The summed E-state index contributed by atoms with van der Waals surface area (Å²) in [6.45, 7) is 0. The molecular formula is C9H4Cl2N4OS. The second-order valence-corrected chi connectivity index (χ2v) is 4.63. The normalized spacial score (nSPS) is 12.6. The van der Waals surface area contributed by atoms with Crippen LogP contribution in [-0.4, -0.2) is 9.55 Å². The second kappa shape index (κ2) is 3.83. The van der Waals surface area contributed by atoms with E-state index in [4.69, 9.17) is 23.2 Å². The van der Waals surface area contributed by atoms with Gasteiger partial charge in [-0.05, 0) is 6.07 Å². The maximum absolute atomic E-state index is 11.6. The molecule has 0 unspecified atom stereocenters. The summed E-state index contributed by atoms with van der Waals surface area (Å²) in [6.07, 6.45) is 3.11. The van der Waals surface area contributed by atoms with Gasteiger partial charge in [-0.15, -0.1) is 0 Å². The minimum Gasteiger partial charge on any atom is -0.312 e. The van der Waals surface area contributed by atoms with Crippen molar-refractivity contribution < 1.29 is 0 Å². The monoisotopic (exact) mass is 286 g/mol. The van der Waals surface area contributed by atoms with Crippen LogP contribution in [0.4, 0.5) is 11.4 Å². The van der Waals surface area contributed by atoms with Crippen LogP contribution in [0.5, 0.6) is 0 Å². The molecule has 5 nitrogen and oxygen atoms in total. The van der Waals surface area contributed by atoms with Crippen LogP contribution in [0.15, 0.2) is 32.0 Å². The molecule has 0 amide bonds. The molecule has 17 heavy (non-hydrogen) atoms. The number of halogens is 2. The molecular weight excluding hydrogens is 283 g/mol. The van der Waals surface area contributed by atoms with Gasteiger partial charge in [-0.2, -0.15) is 8.73 Å². The van der Waals surface area contributed by atoms with Gasteiger partial charge in [0.15, 0.2) is 0 Å². The molecule has 0 saturated heterocycles. The molecule has 1 aliphatic rings. The lowest BCUT2D eigenvalue weighted by molar-refractivity contribution is 0.988. The van der Waals surface area contributed by atoms with Crippen LogP contribution < -0.4 is 5.69 Å². The van der Waals surface area contributed by atoms with Gasteiger partial charge in [0.25, 0.3) is 0 Å². The Labute approximate surface area is 109 Å². The van der Waals surface area contributed by atoms with Gasteiger partial charge in [-0.1, -0.05) is 23.2 Å². The number of fused-ring (bicyclic) bond motifs is 1. The highest BCUT2D eigenvalue weighted by atomic mass is 35.5. The zero-order valence-corrected chi connectivity index (χ0v) is 10.5. The predicted molar refractivity (Wildman–Crippen MR) is 68.0 cm³/mol. The number of benzene rings is 1. The number of hydrogen-bond acceptors (Lipinski definition) is 3. The summed E-state index contributed by atoms with van der Waals surface area (Å²) >= 11 is 13.1. The molecule has 0 radical (unpaired) electrons. The number of H-pyrrole nitrogens is 1. The third-order valence-electron chi connectivity index (χ3n) is 2.31. The van der Waals surface area contributed by atoms with Gasteiger partial charge >= 0.3 is 5.69 Å². The van der Waals surface area contributed by atoms with Gasteiger partial charge in [-0.3, -0.25) is 4.57 Å². The topological polar surface area (TPSA) is 62.5 Å². The van der Waals surface area contributed by atoms with Gasteiger partial charge in [0, 0.05) is 12.4 Å². The molecule has 1 aromatic heterocycles. The Hall–Kier alpha value is -1.37. The Balaban J connectivity index is 2.40. The van der Waals surface area contributed by atoms with E-state index in [-0.39, 0.29) is 5.69 Å². The highest BCUT2D eigenvalue weighted by Crippen LogP contribution is 2.45. The van der Waals surface area contributed by atoms with E-state index in [0.29, 0.717) is 27.1 Å². The van der Waals surface area contributed by atoms with Crippen molar-refractivity contribution >= 4 is 45.9 Å². The molecule has 1 aliphatic heterocycles. The van der Waals surface area contributed by atoms with Gasteiger partial charge in [0.2, 0.25) is 0 Å². The van der Waals surface area contributed by atoms with E-state index in [1.807, 2.05) is 0 Å². The summed E-state index contributed by atoms with van der Waals surface area (Å²) in [6, 6.07) is 1.56. The van der Waals surface area contributed by atoms with Gasteiger partial charge in [0.05, 0.1) is 27.1 Å². The van der Waals surface area contributed by atoms with Crippen molar-refractivity contribution in [2.75, 3.05) is 0 Å². The Morgan fingerprint density at radius 2 is 2.00 bits per heavy atom. The molecule has 1 aromatic carbocycles. The second-order valence-electron chi connectivity index (χ2n) is 3.29. The molecule has 0 aliphatic carbocycles. The van der Waals surface area contributed by atoms with Crippen LogP contribution in [0, 0.1) is 0 Å². The Morgan fingerprint density at radius 3 is 2.71 bits per heavy atom. The van der Waals surface area contributed by atoms with Crippen LogP contribution in [0.25, 0.3) is 5.69 Å². The average molecular weight is 287 g/mol. The lowest BCUT2D eigenvalue weighted by atomic mass is 10.2. The van der Waals surface area contributed by atoms with Gasteiger partial charge in [-0.25, -0.2) is 4.79 Å². The number of nitrogens with one attached hydrogen (secondary N) is 1. The number of rotatable bonds is 1. The van der Waals surface area contributed by atoms with E-state index in [1.165, 1.54) is 10.8 Å². The fourth-order valence-corrected chi connectivity index (χ4v) is 2.79. The number of hydrogen-bond donors (Lipinski definition) is 1. The minimum atomic E-state index is -0.288. The largest absolute Gasteiger partial charge is 0.330 e. The fraction of sp³-hybridized carbons (Fsp3) is 0. The third kappa shape index (κ3) is 1.56. The predicted octanol–water partition coefficient (Wildman–Crippen LogP) is 3.20. The van der Waals surface area contributed by atoms with Crippen molar-refractivity contribution in [2.24, 2.45) is 8.73 Å². The van der Waals surface area contributed by atoms with Crippen LogP contribution >= 0.6 is 23.2 Å². The summed E-state index contributed by atoms with van der Waals surface area (Å²) in [5, 5.41) is 0.781. The summed E-state index contributed by atoms with van der Waals surface area (Å²) < 4.78 is 9.58. The van der Waals surface area contributed by atoms with Crippen molar-refractivity contribution in [2.45, 2.75) is 0 Å². The van der Waals surface area contributed by atoms with Crippen LogP contribution in [0.3, 0.4) is 0 Å². The zero-order chi connectivity index (χ0) is 12.0. The van der Waals surface area contributed by atoms with Crippen molar-refractivity contribution in [1.82, 2.24) is 9.55 Å². The Morgan fingerprint density at radius 1 is 1.24 bits per heavy atom. The molecule has 2 aromatic rings. The first-order valence-electron chi connectivity index (χ1n) is 4.55. The molecule has 2 heterocycles. The highest BCUT2D eigenvalue weighted by molar-refractivity contribution is 7.58. The number of aromatic nitrogens is 2. The first-order valence-corrected chi connectivity index (χ1v) is 6.04. The summed E-state index contributed by atoms with van der Waals surface area (Å²) in [5.41, 5.74) is 1.27. The summed E-state index contributed by atoms with van der Waals surface area (Å²) in [7, 11) is 0. The zero-order valence-electron chi connectivity index (χ0n) is 8.15. The molecule has 0 bridgehead atoms. The molecule has 0 atom stereocenters. The Kier molecular flexibility index (Phi) is 2.43. The first-order chi connectivity index (χ1) is 8.18. The first kappa shape index (κ1) is 10.8. The molecule has 3 rings (SSSR count). The highest BCUT2D eigenvalue weighted by Gasteiger charge is 2.20. The van der Waals surface area contributed by atoms with Crippen LogP contribution in [0.1, 0.15) is 0 Å². The van der Waals surface area contributed by atoms with E-state index in [9.17, 15) is 4.79 Å². The van der Waals surface area contributed by atoms with E-state index in [1.54, 1.807) is 12.3 Å². The number of aromatic amines is 1. The van der Waals surface area contributed by atoms with E-state index < -0.39 is 0 Å². The van der Waals surface area contributed by atoms with Crippen molar-refractivity contribution in [3.8, 4) is 5.69 Å². The smallest absolute Gasteiger partial charge is 0.312 e. The molecule has 86 valence electrons. The third-order valence-corrected chi connectivity index (χ3v) is 3.41. The SMILES string of the molecule is O=c1[nH]ccn1-c1c(Cl)cc(Cl)c2c1N=S=N2. The maximum atomic E-state index is 11.6. The summed E-state index contributed by atoms with van der Waals surface area (Å²) in [5.74, 6) is 0. The van der Waals surface area contributed by atoms with Gasteiger partial charge in [0.1, 0.15) is 11.4 Å².